The number of para-hydroxylation sites is 2. The molecule has 0 saturated heterocycles. The number of aliphatic hydroxyl groups excluding tert-OH is 1. The lowest BCUT2D eigenvalue weighted by molar-refractivity contribution is -0.117. The van der Waals surface area contributed by atoms with E-state index in [1.807, 2.05) is 58.3 Å². The summed E-state index contributed by atoms with van der Waals surface area (Å²) >= 11 is 0. The zero-order valence-corrected chi connectivity index (χ0v) is 12.5. The molecule has 114 valence electrons. The standard InChI is InChI=1S/C18H20N2O2/c21-13-12-19(16-7-2-1-3-8-16)14-18(22)20-11-10-15-6-4-5-9-17(15)20/h1-9,21H,10-14H2. The highest BCUT2D eigenvalue weighted by Crippen LogP contribution is 2.27. The lowest BCUT2D eigenvalue weighted by Gasteiger charge is -2.26. The van der Waals surface area contributed by atoms with Crippen molar-refractivity contribution in [3.05, 3.63) is 60.2 Å². The van der Waals surface area contributed by atoms with Crippen molar-refractivity contribution in [3.8, 4) is 0 Å². The Balaban J connectivity index is 1.75. The van der Waals surface area contributed by atoms with E-state index in [0.29, 0.717) is 6.54 Å². The van der Waals surface area contributed by atoms with Crippen molar-refractivity contribution in [2.45, 2.75) is 6.42 Å². The lowest BCUT2D eigenvalue weighted by Crippen LogP contribution is -2.41. The van der Waals surface area contributed by atoms with Gasteiger partial charge < -0.3 is 14.9 Å². The fraction of sp³-hybridized carbons (Fsp3) is 0.278. The minimum Gasteiger partial charge on any atom is -0.395 e. The first kappa shape index (κ1) is 14.6. The van der Waals surface area contributed by atoms with Crippen molar-refractivity contribution in [2.24, 2.45) is 0 Å². The number of rotatable bonds is 5. The quantitative estimate of drug-likeness (QED) is 0.918. The Bertz CT molecular complexity index is 643. The Morgan fingerprint density at radius 2 is 1.82 bits per heavy atom. The van der Waals surface area contributed by atoms with Gasteiger partial charge in [-0.05, 0) is 30.2 Å². The second-order valence-corrected chi connectivity index (χ2v) is 5.40. The predicted octanol–water partition coefficient (Wildman–Crippen LogP) is 2.07. The Hall–Kier alpha value is -2.33. The molecule has 1 heterocycles. The summed E-state index contributed by atoms with van der Waals surface area (Å²) in [5.74, 6) is 0.0715. The van der Waals surface area contributed by atoms with Crippen molar-refractivity contribution >= 4 is 17.3 Å². The van der Waals surface area contributed by atoms with Crippen LogP contribution in [-0.4, -0.2) is 37.3 Å². The van der Waals surface area contributed by atoms with E-state index in [1.54, 1.807) is 0 Å². The second kappa shape index (κ2) is 6.62. The molecule has 1 aliphatic heterocycles. The summed E-state index contributed by atoms with van der Waals surface area (Å²) < 4.78 is 0. The van der Waals surface area contributed by atoms with E-state index in [2.05, 4.69) is 6.07 Å². The van der Waals surface area contributed by atoms with Gasteiger partial charge in [0, 0.05) is 24.5 Å². The molecular weight excluding hydrogens is 276 g/mol. The van der Waals surface area contributed by atoms with Gasteiger partial charge in [0.25, 0.3) is 0 Å². The molecule has 0 aliphatic carbocycles. The van der Waals surface area contributed by atoms with Crippen molar-refractivity contribution in [1.82, 2.24) is 0 Å². The number of aliphatic hydroxyl groups is 1. The van der Waals surface area contributed by atoms with Crippen LogP contribution in [0.15, 0.2) is 54.6 Å². The molecule has 0 aromatic heterocycles. The fourth-order valence-electron chi connectivity index (χ4n) is 2.90. The Morgan fingerprint density at radius 1 is 1.09 bits per heavy atom. The van der Waals surface area contributed by atoms with Gasteiger partial charge >= 0.3 is 0 Å². The van der Waals surface area contributed by atoms with Crippen LogP contribution in [0.4, 0.5) is 11.4 Å². The van der Waals surface area contributed by atoms with Crippen LogP contribution in [0.25, 0.3) is 0 Å². The second-order valence-electron chi connectivity index (χ2n) is 5.40. The number of fused-ring (bicyclic) bond motifs is 1. The highest BCUT2D eigenvalue weighted by atomic mass is 16.3. The van der Waals surface area contributed by atoms with Crippen LogP contribution in [0.2, 0.25) is 0 Å². The third-order valence-electron chi connectivity index (χ3n) is 4.01. The molecular formula is C18H20N2O2. The lowest BCUT2D eigenvalue weighted by atomic mass is 10.2. The van der Waals surface area contributed by atoms with E-state index in [-0.39, 0.29) is 19.1 Å². The third kappa shape index (κ3) is 2.97. The van der Waals surface area contributed by atoms with Crippen molar-refractivity contribution in [1.29, 1.82) is 0 Å². The van der Waals surface area contributed by atoms with E-state index in [1.165, 1.54) is 5.56 Å². The van der Waals surface area contributed by atoms with Crippen molar-refractivity contribution < 1.29 is 9.90 Å². The SMILES string of the molecule is O=C(CN(CCO)c1ccccc1)N1CCc2ccccc21. The number of hydrogen-bond acceptors (Lipinski definition) is 3. The molecule has 22 heavy (non-hydrogen) atoms. The van der Waals surface area contributed by atoms with E-state index < -0.39 is 0 Å². The van der Waals surface area contributed by atoms with E-state index in [0.717, 1.165) is 24.3 Å². The van der Waals surface area contributed by atoms with Gasteiger partial charge in [0.15, 0.2) is 0 Å². The van der Waals surface area contributed by atoms with E-state index in [9.17, 15) is 9.90 Å². The number of carbonyl (C=O) groups excluding carboxylic acids is 1. The van der Waals surface area contributed by atoms with E-state index >= 15 is 0 Å². The molecule has 0 bridgehead atoms. The zero-order chi connectivity index (χ0) is 15.4. The summed E-state index contributed by atoms with van der Waals surface area (Å²) in [6, 6.07) is 17.8. The van der Waals surface area contributed by atoms with Gasteiger partial charge in [-0.2, -0.15) is 0 Å². The summed E-state index contributed by atoms with van der Waals surface area (Å²) in [6.07, 6.45) is 0.910. The minimum atomic E-state index is 0.0265. The van der Waals surface area contributed by atoms with Crippen LogP contribution < -0.4 is 9.80 Å². The maximum atomic E-state index is 12.7. The number of carbonyl (C=O) groups is 1. The van der Waals surface area contributed by atoms with Crippen LogP contribution in [0.1, 0.15) is 5.56 Å². The number of nitrogens with zero attached hydrogens (tertiary/aromatic N) is 2. The maximum absolute atomic E-state index is 12.7. The molecule has 3 rings (SSSR count). The third-order valence-corrected chi connectivity index (χ3v) is 4.01. The van der Waals surface area contributed by atoms with Crippen LogP contribution in [-0.2, 0) is 11.2 Å². The highest BCUT2D eigenvalue weighted by molar-refractivity contribution is 5.98. The van der Waals surface area contributed by atoms with E-state index in [4.69, 9.17) is 0 Å². The molecule has 1 N–H and O–H groups in total. The average Bonchev–Trinajstić information content (AvgIpc) is 2.99. The molecule has 0 spiro atoms. The molecule has 2 aromatic rings. The molecule has 0 atom stereocenters. The summed E-state index contributed by atoms with van der Waals surface area (Å²) in [5.41, 5.74) is 3.20. The number of hydrogen-bond donors (Lipinski definition) is 1. The van der Waals surface area contributed by atoms with Crippen LogP contribution >= 0.6 is 0 Å². The maximum Gasteiger partial charge on any atom is 0.246 e. The van der Waals surface area contributed by atoms with Gasteiger partial charge in [0.1, 0.15) is 0 Å². The van der Waals surface area contributed by atoms with Gasteiger partial charge in [-0.15, -0.1) is 0 Å². The van der Waals surface area contributed by atoms with Crippen LogP contribution in [0, 0.1) is 0 Å². The first-order valence-corrected chi connectivity index (χ1v) is 7.58. The summed E-state index contributed by atoms with van der Waals surface area (Å²) in [5, 5.41) is 9.27. The largest absolute Gasteiger partial charge is 0.395 e. The average molecular weight is 296 g/mol. The molecule has 4 nitrogen and oxygen atoms in total. The molecule has 0 unspecified atom stereocenters. The van der Waals surface area contributed by atoms with Crippen LogP contribution in [0.5, 0.6) is 0 Å². The van der Waals surface area contributed by atoms with Crippen molar-refractivity contribution in [3.63, 3.8) is 0 Å². The molecule has 0 radical (unpaired) electrons. The first-order chi connectivity index (χ1) is 10.8. The van der Waals surface area contributed by atoms with Gasteiger partial charge in [0.2, 0.25) is 5.91 Å². The Morgan fingerprint density at radius 3 is 2.59 bits per heavy atom. The molecule has 4 heteroatoms. The molecule has 1 amide bonds. The van der Waals surface area contributed by atoms with Gasteiger partial charge in [-0.3, -0.25) is 4.79 Å². The minimum absolute atomic E-state index is 0.0265. The van der Waals surface area contributed by atoms with Gasteiger partial charge in [-0.1, -0.05) is 36.4 Å². The molecule has 2 aromatic carbocycles. The summed E-state index contributed by atoms with van der Waals surface area (Å²) in [4.78, 5) is 16.4. The number of amides is 1. The fourth-order valence-corrected chi connectivity index (χ4v) is 2.90. The predicted molar refractivity (Wildman–Crippen MR) is 88.2 cm³/mol. The monoisotopic (exact) mass is 296 g/mol. The smallest absolute Gasteiger partial charge is 0.246 e. The van der Waals surface area contributed by atoms with Gasteiger partial charge in [0.05, 0.1) is 13.2 Å². The number of benzene rings is 2. The van der Waals surface area contributed by atoms with Crippen LogP contribution in [0.3, 0.4) is 0 Å². The topological polar surface area (TPSA) is 43.8 Å². The Labute approximate surface area is 130 Å². The first-order valence-electron chi connectivity index (χ1n) is 7.58. The summed E-state index contributed by atoms with van der Waals surface area (Å²) in [7, 11) is 0. The van der Waals surface area contributed by atoms with Crippen molar-refractivity contribution in [2.75, 3.05) is 36.0 Å². The Kier molecular flexibility index (Phi) is 4.39. The summed E-state index contributed by atoms with van der Waals surface area (Å²) in [6.45, 7) is 1.49. The normalized spacial score (nSPS) is 13.0. The molecule has 0 fully saturated rings. The number of anilines is 2. The zero-order valence-electron chi connectivity index (χ0n) is 12.5. The molecule has 1 aliphatic rings. The highest BCUT2D eigenvalue weighted by Gasteiger charge is 2.25. The van der Waals surface area contributed by atoms with Gasteiger partial charge in [-0.25, -0.2) is 0 Å². The molecule has 0 saturated carbocycles.